The first-order valence-corrected chi connectivity index (χ1v) is 7.43. The SMILES string of the molecule is CN(C)CCOCCNCCc1ccc2c(c1)CCO2. The molecule has 0 radical (unpaired) electrons. The highest BCUT2D eigenvalue weighted by molar-refractivity contribution is 5.39. The maximum absolute atomic E-state index is 5.54. The minimum atomic E-state index is 0.784. The van der Waals surface area contributed by atoms with Gasteiger partial charge in [0.2, 0.25) is 0 Å². The summed E-state index contributed by atoms with van der Waals surface area (Å²) in [6.45, 7) is 5.32. The molecule has 1 heterocycles. The van der Waals surface area contributed by atoms with E-state index in [0.29, 0.717) is 0 Å². The van der Waals surface area contributed by atoms with Crippen molar-refractivity contribution in [2.24, 2.45) is 0 Å². The van der Waals surface area contributed by atoms with Crippen molar-refractivity contribution in [3.8, 4) is 5.75 Å². The largest absolute Gasteiger partial charge is 0.493 e. The molecule has 4 heteroatoms. The molecule has 0 aliphatic carbocycles. The highest BCUT2D eigenvalue weighted by Crippen LogP contribution is 2.25. The van der Waals surface area contributed by atoms with Gasteiger partial charge in [0.1, 0.15) is 5.75 Å². The molecule has 4 nitrogen and oxygen atoms in total. The average molecular weight is 278 g/mol. The summed E-state index contributed by atoms with van der Waals surface area (Å²) < 4.78 is 11.1. The van der Waals surface area contributed by atoms with Crippen molar-refractivity contribution in [3.05, 3.63) is 29.3 Å². The molecule has 112 valence electrons. The van der Waals surface area contributed by atoms with Crippen molar-refractivity contribution in [3.63, 3.8) is 0 Å². The lowest BCUT2D eigenvalue weighted by Crippen LogP contribution is -2.24. The van der Waals surface area contributed by atoms with Crippen LogP contribution in [0.2, 0.25) is 0 Å². The Labute approximate surface area is 122 Å². The molecule has 1 aromatic rings. The number of rotatable bonds is 9. The van der Waals surface area contributed by atoms with Gasteiger partial charge in [0.15, 0.2) is 0 Å². The molecule has 0 atom stereocenters. The summed E-state index contributed by atoms with van der Waals surface area (Å²) in [4.78, 5) is 2.13. The van der Waals surface area contributed by atoms with E-state index in [-0.39, 0.29) is 0 Å². The van der Waals surface area contributed by atoms with Crippen LogP contribution in [-0.4, -0.2) is 58.5 Å². The van der Waals surface area contributed by atoms with Gasteiger partial charge in [-0.05, 0) is 44.3 Å². The summed E-state index contributed by atoms with van der Waals surface area (Å²) in [7, 11) is 4.12. The number of likely N-dealkylation sites (N-methyl/N-ethyl adjacent to an activating group) is 1. The van der Waals surface area contributed by atoms with Crippen LogP contribution < -0.4 is 10.1 Å². The Morgan fingerprint density at radius 2 is 2.15 bits per heavy atom. The third kappa shape index (κ3) is 5.12. The molecule has 1 N–H and O–H groups in total. The average Bonchev–Trinajstić information content (AvgIpc) is 2.89. The van der Waals surface area contributed by atoms with E-state index in [1.54, 1.807) is 0 Å². The fraction of sp³-hybridized carbons (Fsp3) is 0.625. The van der Waals surface area contributed by atoms with E-state index in [1.165, 1.54) is 11.1 Å². The first-order chi connectivity index (χ1) is 9.75. The third-order valence-corrected chi connectivity index (χ3v) is 3.45. The second-order valence-electron chi connectivity index (χ2n) is 5.46. The second kappa shape index (κ2) is 8.25. The van der Waals surface area contributed by atoms with Crippen molar-refractivity contribution < 1.29 is 9.47 Å². The van der Waals surface area contributed by atoms with E-state index in [0.717, 1.165) is 58.0 Å². The number of hydrogen-bond donors (Lipinski definition) is 1. The van der Waals surface area contributed by atoms with Crippen LogP contribution in [0.5, 0.6) is 5.75 Å². The van der Waals surface area contributed by atoms with Crippen molar-refractivity contribution in [2.45, 2.75) is 12.8 Å². The lowest BCUT2D eigenvalue weighted by Gasteiger charge is -2.10. The number of ether oxygens (including phenoxy) is 2. The maximum atomic E-state index is 5.54. The predicted octanol–water partition coefficient (Wildman–Crippen LogP) is 1.33. The summed E-state index contributed by atoms with van der Waals surface area (Å²) in [5.74, 6) is 1.07. The van der Waals surface area contributed by atoms with Crippen molar-refractivity contribution in [1.29, 1.82) is 0 Å². The van der Waals surface area contributed by atoms with Gasteiger partial charge in [-0.25, -0.2) is 0 Å². The molecule has 0 bridgehead atoms. The number of hydrogen-bond acceptors (Lipinski definition) is 4. The normalized spacial score (nSPS) is 13.6. The zero-order valence-electron chi connectivity index (χ0n) is 12.7. The van der Waals surface area contributed by atoms with Gasteiger partial charge in [0.05, 0.1) is 19.8 Å². The second-order valence-corrected chi connectivity index (χ2v) is 5.46. The van der Waals surface area contributed by atoms with Crippen LogP contribution in [0.1, 0.15) is 11.1 Å². The molecule has 0 fully saturated rings. The van der Waals surface area contributed by atoms with Gasteiger partial charge in [-0.3, -0.25) is 0 Å². The van der Waals surface area contributed by atoms with Crippen LogP contribution in [0.3, 0.4) is 0 Å². The topological polar surface area (TPSA) is 33.7 Å². The molecule has 2 rings (SSSR count). The zero-order chi connectivity index (χ0) is 14.2. The van der Waals surface area contributed by atoms with Crippen LogP contribution >= 0.6 is 0 Å². The van der Waals surface area contributed by atoms with Gasteiger partial charge >= 0.3 is 0 Å². The molecule has 0 saturated carbocycles. The number of benzene rings is 1. The van der Waals surface area contributed by atoms with E-state index in [4.69, 9.17) is 9.47 Å². The Morgan fingerprint density at radius 3 is 3.00 bits per heavy atom. The lowest BCUT2D eigenvalue weighted by atomic mass is 10.1. The summed E-state index contributed by atoms with van der Waals surface area (Å²) in [5, 5.41) is 3.42. The van der Waals surface area contributed by atoms with Crippen LogP contribution in [-0.2, 0) is 17.6 Å². The van der Waals surface area contributed by atoms with Crippen LogP contribution in [0.25, 0.3) is 0 Å². The Morgan fingerprint density at radius 1 is 1.25 bits per heavy atom. The molecule has 20 heavy (non-hydrogen) atoms. The summed E-state index contributed by atoms with van der Waals surface area (Å²) in [5.41, 5.74) is 2.74. The fourth-order valence-corrected chi connectivity index (χ4v) is 2.25. The van der Waals surface area contributed by atoms with Gasteiger partial charge in [0, 0.05) is 19.5 Å². The molecule has 0 amide bonds. The first-order valence-electron chi connectivity index (χ1n) is 7.43. The minimum Gasteiger partial charge on any atom is -0.493 e. The summed E-state index contributed by atoms with van der Waals surface area (Å²) in [6, 6.07) is 6.54. The van der Waals surface area contributed by atoms with Gasteiger partial charge < -0.3 is 19.7 Å². The highest BCUT2D eigenvalue weighted by Gasteiger charge is 2.11. The van der Waals surface area contributed by atoms with Crippen LogP contribution in [0.4, 0.5) is 0 Å². The van der Waals surface area contributed by atoms with Gasteiger partial charge in [-0.15, -0.1) is 0 Å². The van der Waals surface area contributed by atoms with E-state index >= 15 is 0 Å². The summed E-state index contributed by atoms with van der Waals surface area (Å²) >= 11 is 0. The number of fused-ring (bicyclic) bond motifs is 1. The molecule has 0 spiro atoms. The molecular formula is C16H26N2O2. The maximum Gasteiger partial charge on any atom is 0.122 e. The van der Waals surface area contributed by atoms with E-state index in [9.17, 15) is 0 Å². The number of nitrogens with zero attached hydrogens (tertiary/aromatic N) is 1. The molecule has 1 aliphatic heterocycles. The highest BCUT2D eigenvalue weighted by atomic mass is 16.5. The smallest absolute Gasteiger partial charge is 0.122 e. The van der Waals surface area contributed by atoms with Crippen LogP contribution in [0.15, 0.2) is 18.2 Å². The predicted molar refractivity (Wildman–Crippen MR) is 81.6 cm³/mol. The van der Waals surface area contributed by atoms with E-state index in [1.807, 2.05) is 0 Å². The molecule has 1 aromatic carbocycles. The number of nitrogens with one attached hydrogen (secondary N) is 1. The Kier molecular flexibility index (Phi) is 6.30. The fourth-order valence-electron chi connectivity index (χ4n) is 2.25. The standard InChI is InChI=1S/C16H26N2O2/c1-18(2)9-12-19-11-8-17-7-5-14-3-4-16-15(13-14)6-10-20-16/h3-4,13,17H,5-12H2,1-2H3. The molecule has 1 aliphatic rings. The third-order valence-electron chi connectivity index (χ3n) is 3.45. The quantitative estimate of drug-likeness (QED) is 0.691. The van der Waals surface area contributed by atoms with E-state index in [2.05, 4.69) is 42.5 Å². The van der Waals surface area contributed by atoms with Crippen molar-refractivity contribution in [1.82, 2.24) is 10.2 Å². The Bertz CT molecular complexity index is 407. The Balaban J connectivity index is 1.53. The minimum absolute atomic E-state index is 0.784. The summed E-state index contributed by atoms with van der Waals surface area (Å²) in [6.07, 6.45) is 2.11. The van der Waals surface area contributed by atoms with Gasteiger partial charge in [-0.1, -0.05) is 12.1 Å². The van der Waals surface area contributed by atoms with Crippen LogP contribution in [0, 0.1) is 0 Å². The lowest BCUT2D eigenvalue weighted by molar-refractivity contribution is 0.119. The Hall–Kier alpha value is -1.10. The van der Waals surface area contributed by atoms with E-state index < -0.39 is 0 Å². The molecule has 0 saturated heterocycles. The van der Waals surface area contributed by atoms with Gasteiger partial charge in [-0.2, -0.15) is 0 Å². The molecule has 0 aromatic heterocycles. The zero-order valence-corrected chi connectivity index (χ0v) is 12.7. The monoisotopic (exact) mass is 278 g/mol. The van der Waals surface area contributed by atoms with Crippen molar-refractivity contribution >= 4 is 0 Å². The molecular weight excluding hydrogens is 252 g/mol. The van der Waals surface area contributed by atoms with Gasteiger partial charge in [0.25, 0.3) is 0 Å². The molecule has 0 unspecified atom stereocenters. The van der Waals surface area contributed by atoms with Crippen molar-refractivity contribution in [2.75, 3.05) is 53.6 Å². The first kappa shape index (κ1) is 15.3.